The molecule has 0 fully saturated rings. The fraction of sp³-hybridized carbons (Fsp3) is 0.866. The molecule has 0 aromatic rings. The first-order valence-electron chi connectivity index (χ1n) is 33.0. The minimum absolute atomic E-state index is 0.0565. The molecular weight excluding hydrogens is 960 g/mol. The van der Waals surface area contributed by atoms with Crippen molar-refractivity contribution in [2.24, 2.45) is 0 Å². The van der Waals surface area contributed by atoms with Gasteiger partial charge in [0.1, 0.15) is 13.2 Å². The lowest BCUT2D eigenvalue weighted by molar-refractivity contribution is -0.870. The second-order valence-electron chi connectivity index (χ2n) is 23.8. The number of hydrogen-bond donors (Lipinski definition) is 3. The van der Waals surface area contributed by atoms with Gasteiger partial charge in [-0.1, -0.05) is 300 Å². The number of unbranched alkanes of at least 4 members (excludes halogenated alkanes) is 42. The van der Waals surface area contributed by atoms with E-state index in [1.165, 1.54) is 257 Å². The highest BCUT2D eigenvalue weighted by Crippen LogP contribution is 2.43. The van der Waals surface area contributed by atoms with E-state index in [0.29, 0.717) is 17.4 Å². The molecule has 0 bridgehead atoms. The summed E-state index contributed by atoms with van der Waals surface area (Å²) < 4.78 is 23.7. The van der Waals surface area contributed by atoms with Gasteiger partial charge in [-0.25, -0.2) is 4.57 Å². The SMILES string of the molecule is CCCCCCCCCCC/C=C/CC/C=C/C(O)C(COP(=O)(O)OCC[N+](C)(C)C)NC(=O)CCCCCCCCCCCCCCCCCCC/C=C\C/C=C\CCCCCCCCCCCCCCCCC. The molecule has 0 heterocycles. The third-order valence-electron chi connectivity index (χ3n) is 15.0. The van der Waals surface area contributed by atoms with E-state index in [0.717, 1.165) is 44.9 Å². The largest absolute Gasteiger partial charge is 0.472 e. The normalized spacial score (nSPS) is 14.0. The minimum atomic E-state index is -4.35. The van der Waals surface area contributed by atoms with Crippen LogP contribution in [0.2, 0.25) is 0 Å². The molecule has 0 saturated carbocycles. The van der Waals surface area contributed by atoms with Gasteiger partial charge < -0.3 is 19.8 Å². The average Bonchev–Trinajstić information content (AvgIpc) is 3.38. The molecular formula is C67H130N2O6P+. The van der Waals surface area contributed by atoms with Gasteiger partial charge in [0.05, 0.1) is 39.9 Å². The van der Waals surface area contributed by atoms with Gasteiger partial charge in [0.2, 0.25) is 5.91 Å². The Morgan fingerprint density at radius 3 is 1.13 bits per heavy atom. The topological polar surface area (TPSA) is 105 Å². The lowest BCUT2D eigenvalue weighted by Crippen LogP contribution is -2.45. The van der Waals surface area contributed by atoms with E-state index < -0.39 is 20.0 Å². The Morgan fingerprint density at radius 1 is 0.447 bits per heavy atom. The molecule has 0 saturated heterocycles. The minimum Gasteiger partial charge on any atom is -0.387 e. The van der Waals surface area contributed by atoms with Crippen LogP contribution in [0.15, 0.2) is 48.6 Å². The molecule has 0 rings (SSSR count). The Hall–Kier alpha value is -1.54. The highest BCUT2D eigenvalue weighted by Gasteiger charge is 2.28. The zero-order valence-corrected chi connectivity index (χ0v) is 52.2. The van der Waals surface area contributed by atoms with Crippen molar-refractivity contribution in [1.82, 2.24) is 5.32 Å². The number of phosphoric ester groups is 1. The summed E-state index contributed by atoms with van der Waals surface area (Å²) in [6.45, 7) is 4.82. The summed E-state index contributed by atoms with van der Waals surface area (Å²) >= 11 is 0. The summed E-state index contributed by atoms with van der Waals surface area (Å²) in [5.41, 5.74) is 0. The van der Waals surface area contributed by atoms with Crippen LogP contribution in [0, 0.1) is 0 Å². The fourth-order valence-electron chi connectivity index (χ4n) is 9.86. The molecule has 0 aromatic heterocycles. The second kappa shape index (κ2) is 58.1. The maximum atomic E-state index is 13.0. The average molecular weight is 1090 g/mol. The van der Waals surface area contributed by atoms with E-state index >= 15 is 0 Å². The summed E-state index contributed by atoms with van der Waals surface area (Å²) in [6, 6.07) is -0.863. The van der Waals surface area contributed by atoms with Crippen LogP contribution in [-0.2, 0) is 18.4 Å². The monoisotopic (exact) mass is 1090 g/mol. The van der Waals surface area contributed by atoms with Gasteiger partial charge >= 0.3 is 7.82 Å². The maximum absolute atomic E-state index is 13.0. The molecule has 3 N–H and O–H groups in total. The van der Waals surface area contributed by atoms with Crippen molar-refractivity contribution in [3.63, 3.8) is 0 Å². The molecule has 1 amide bonds. The molecule has 0 aliphatic rings. The zero-order chi connectivity index (χ0) is 55.6. The third-order valence-corrected chi connectivity index (χ3v) is 16.0. The lowest BCUT2D eigenvalue weighted by atomic mass is 10.0. The van der Waals surface area contributed by atoms with Gasteiger partial charge in [0.25, 0.3) is 0 Å². The van der Waals surface area contributed by atoms with E-state index in [1.807, 2.05) is 27.2 Å². The Morgan fingerprint density at radius 2 is 0.763 bits per heavy atom. The first-order valence-corrected chi connectivity index (χ1v) is 34.5. The van der Waals surface area contributed by atoms with Crippen molar-refractivity contribution in [1.29, 1.82) is 0 Å². The number of nitrogens with zero attached hydrogens (tertiary/aromatic N) is 1. The smallest absolute Gasteiger partial charge is 0.387 e. The molecule has 0 aromatic carbocycles. The number of hydrogen-bond acceptors (Lipinski definition) is 5. The van der Waals surface area contributed by atoms with Crippen LogP contribution in [-0.4, -0.2) is 73.4 Å². The first kappa shape index (κ1) is 74.5. The number of nitrogens with one attached hydrogen (secondary N) is 1. The number of likely N-dealkylation sites (N-methyl/N-ethyl adjacent to an activating group) is 1. The van der Waals surface area contributed by atoms with Gasteiger partial charge in [-0.3, -0.25) is 13.8 Å². The van der Waals surface area contributed by atoms with E-state index in [-0.39, 0.29) is 19.1 Å². The molecule has 8 nitrogen and oxygen atoms in total. The van der Waals surface area contributed by atoms with Crippen LogP contribution >= 0.6 is 7.82 Å². The number of quaternary nitrogens is 1. The second-order valence-corrected chi connectivity index (χ2v) is 25.3. The van der Waals surface area contributed by atoms with Crippen LogP contribution in [0.3, 0.4) is 0 Å². The Balaban J connectivity index is 3.94. The van der Waals surface area contributed by atoms with E-state index in [9.17, 15) is 19.4 Å². The Bertz CT molecular complexity index is 1380. The number of amides is 1. The van der Waals surface area contributed by atoms with E-state index in [1.54, 1.807) is 6.08 Å². The van der Waals surface area contributed by atoms with Crippen LogP contribution in [0.4, 0.5) is 0 Å². The van der Waals surface area contributed by atoms with E-state index in [2.05, 4.69) is 55.6 Å². The summed E-state index contributed by atoms with van der Waals surface area (Å²) in [4.78, 5) is 23.3. The number of allylic oxidation sites excluding steroid dienone is 7. The van der Waals surface area contributed by atoms with Crippen molar-refractivity contribution >= 4 is 13.7 Å². The number of carbonyl (C=O) groups is 1. The van der Waals surface area contributed by atoms with Crippen molar-refractivity contribution in [2.45, 2.75) is 334 Å². The van der Waals surface area contributed by atoms with Gasteiger partial charge in [0, 0.05) is 6.42 Å². The molecule has 0 spiro atoms. The van der Waals surface area contributed by atoms with Crippen LogP contribution < -0.4 is 5.32 Å². The van der Waals surface area contributed by atoms with E-state index in [4.69, 9.17) is 9.05 Å². The van der Waals surface area contributed by atoms with Gasteiger partial charge in [-0.2, -0.15) is 0 Å². The predicted octanol–water partition coefficient (Wildman–Crippen LogP) is 20.7. The molecule has 76 heavy (non-hydrogen) atoms. The molecule has 3 atom stereocenters. The van der Waals surface area contributed by atoms with Gasteiger partial charge in [0.15, 0.2) is 0 Å². The standard InChI is InChI=1S/C67H129N2O6P/c1-6-8-10-12-14-16-18-20-22-23-24-25-26-27-28-29-30-31-32-33-34-35-36-37-38-39-40-41-42-43-44-45-47-49-51-53-55-57-59-61-67(71)68-65(64-75-76(72,73)74-63-62-69(3,4)5)66(70)60-58-56-54-52-50-48-46-21-19-17-15-13-11-9-7-2/h30-31,33-34,50,52,58,60,65-66,70H,6-29,32,35-49,51,53-57,59,61-64H2,1-5H3,(H-,68,71,72,73)/p+1/b31-30-,34-33-,52-50+,60-58+. The van der Waals surface area contributed by atoms with Crippen LogP contribution in [0.5, 0.6) is 0 Å². The summed E-state index contributed by atoms with van der Waals surface area (Å²) in [5.74, 6) is -0.184. The quantitative estimate of drug-likeness (QED) is 0.0243. The first-order chi connectivity index (χ1) is 37.0. The molecule has 0 aliphatic heterocycles. The molecule has 0 radical (unpaired) electrons. The number of phosphoric acid groups is 1. The Kier molecular flexibility index (Phi) is 56.9. The fourth-order valence-corrected chi connectivity index (χ4v) is 10.6. The maximum Gasteiger partial charge on any atom is 0.472 e. The number of carbonyl (C=O) groups excluding carboxylic acids is 1. The number of aliphatic hydroxyl groups excluding tert-OH is 1. The molecule has 448 valence electrons. The predicted molar refractivity (Wildman–Crippen MR) is 332 cm³/mol. The number of aliphatic hydroxyl groups is 1. The van der Waals surface area contributed by atoms with Gasteiger partial charge in [-0.05, 0) is 64.2 Å². The third kappa shape index (κ3) is 60.1. The molecule has 3 unspecified atom stereocenters. The Labute approximate surface area is 473 Å². The van der Waals surface area contributed by atoms with Crippen molar-refractivity contribution < 1.29 is 32.9 Å². The summed E-state index contributed by atoms with van der Waals surface area (Å²) in [5, 5.41) is 13.9. The number of rotatable bonds is 61. The highest BCUT2D eigenvalue weighted by molar-refractivity contribution is 7.47. The zero-order valence-electron chi connectivity index (χ0n) is 51.3. The molecule has 0 aliphatic carbocycles. The summed E-state index contributed by atoms with van der Waals surface area (Å²) in [6.07, 6.45) is 78.4. The van der Waals surface area contributed by atoms with Crippen molar-refractivity contribution in [2.75, 3.05) is 40.9 Å². The lowest BCUT2D eigenvalue weighted by Gasteiger charge is -2.25. The molecule has 9 heteroatoms. The summed E-state index contributed by atoms with van der Waals surface area (Å²) in [7, 11) is 1.56. The van der Waals surface area contributed by atoms with Crippen molar-refractivity contribution in [3.05, 3.63) is 48.6 Å². The highest BCUT2D eigenvalue weighted by atomic mass is 31.2. The van der Waals surface area contributed by atoms with Crippen molar-refractivity contribution in [3.8, 4) is 0 Å². The van der Waals surface area contributed by atoms with Crippen LogP contribution in [0.1, 0.15) is 322 Å². The van der Waals surface area contributed by atoms with Gasteiger partial charge in [-0.15, -0.1) is 0 Å². The van der Waals surface area contributed by atoms with Crippen LogP contribution in [0.25, 0.3) is 0 Å².